The molecule has 0 unspecified atom stereocenters. The van der Waals surface area contributed by atoms with Crippen LogP contribution in [0.2, 0.25) is 5.02 Å². The summed E-state index contributed by atoms with van der Waals surface area (Å²) >= 11 is 5.92. The number of primary amides is 1. The van der Waals surface area contributed by atoms with Crippen molar-refractivity contribution in [2.75, 3.05) is 10.6 Å². The monoisotopic (exact) mass is 499 g/mol. The van der Waals surface area contributed by atoms with Crippen molar-refractivity contribution in [2.24, 2.45) is 5.73 Å². The second kappa shape index (κ2) is 8.82. The van der Waals surface area contributed by atoms with E-state index in [2.05, 4.69) is 25.6 Å². The molecule has 0 aliphatic rings. The number of alkyl halides is 3. The van der Waals surface area contributed by atoms with Crippen LogP contribution >= 0.6 is 11.6 Å². The van der Waals surface area contributed by atoms with Crippen LogP contribution in [0.1, 0.15) is 40.2 Å². The van der Waals surface area contributed by atoms with Gasteiger partial charge >= 0.3 is 12.3 Å². The Balaban J connectivity index is 2.11. The number of hydrogen-bond acceptors (Lipinski definition) is 7. The first kappa shape index (κ1) is 25.3. The van der Waals surface area contributed by atoms with E-state index in [4.69, 9.17) is 22.1 Å². The van der Waals surface area contributed by atoms with Crippen molar-refractivity contribution < 1.29 is 22.7 Å². The Morgan fingerprint density at radius 3 is 2.41 bits per heavy atom. The molecule has 1 aromatic carbocycles. The third kappa shape index (κ3) is 6.40. The van der Waals surface area contributed by atoms with Crippen LogP contribution in [-0.2, 0) is 17.5 Å². The van der Waals surface area contributed by atoms with E-state index in [1.54, 1.807) is 18.4 Å². The number of hydrogen-bond donors (Lipinski definition) is 3. The van der Waals surface area contributed by atoms with Crippen LogP contribution < -0.4 is 16.4 Å². The molecule has 0 aliphatic heterocycles. The minimum Gasteiger partial charge on any atom is -0.442 e. The van der Waals surface area contributed by atoms with Crippen LogP contribution in [0, 0.1) is 0 Å². The van der Waals surface area contributed by atoms with Crippen LogP contribution in [0.3, 0.4) is 0 Å². The molecule has 4 N–H and O–H groups in total. The summed E-state index contributed by atoms with van der Waals surface area (Å²) in [7, 11) is 0. The average Bonchev–Trinajstić information content (AvgIpc) is 2.94. The SMILES string of the molecule is CC(C)(C)Nc1ncc2nc(Nc3cc(Cl)cc(C(F)(F)F)c3)n(CC(C)(C)OC(N)=O)c2n1. The molecule has 3 rings (SSSR count). The van der Waals surface area contributed by atoms with Gasteiger partial charge in [-0.15, -0.1) is 0 Å². The van der Waals surface area contributed by atoms with Gasteiger partial charge in [0.15, 0.2) is 5.65 Å². The van der Waals surface area contributed by atoms with Gasteiger partial charge in [-0.1, -0.05) is 11.6 Å². The molecule has 0 atom stereocenters. The van der Waals surface area contributed by atoms with E-state index in [0.29, 0.717) is 17.1 Å². The van der Waals surface area contributed by atoms with E-state index in [1.165, 1.54) is 12.3 Å². The van der Waals surface area contributed by atoms with Gasteiger partial charge in [0.05, 0.1) is 18.3 Å². The van der Waals surface area contributed by atoms with E-state index in [9.17, 15) is 18.0 Å². The molecule has 13 heteroatoms. The molecule has 1 amide bonds. The second-order valence-electron chi connectivity index (χ2n) is 9.33. The van der Waals surface area contributed by atoms with Crippen LogP contribution in [0.15, 0.2) is 24.4 Å². The molecule has 0 fully saturated rings. The Morgan fingerprint density at radius 2 is 1.82 bits per heavy atom. The number of anilines is 3. The minimum atomic E-state index is -4.59. The number of rotatable bonds is 6. The van der Waals surface area contributed by atoms with Crippen LogP contribution in [-0.4, -0.2) is 36.8 Å². The predicted octanol–water partition coefficient (Wildman–Crippen LogP) is 5.33. The molecule has 2 aromatic heterocycles. The fourth-order valence-corrected chi connectivity index (χ4v) is 3.43. The van der Waals surface area contributed by atoms with Crippen LogP contribution in [0.5, 0.6) is 0 Å². The lowest BCUT2D eigenvalue weighted by Crippen LogP contribution is -2.35. The van der Waals surface area contributed by atoms with Crippen molar-refractivity contribution in [2.45, 2.75) is 58.5 Å². The topological polar surface area (TPSA) is 120 Å². The Bertz CT molecular complexity index is 1220. The lowest BCUT2D eigenvalue weighted by Gasteiger charge is -2.25. The average molecular weight is 500 g/mol. The van der Waals surface area contributed by atoms with Crippen LogP contribution in [0.4, 0.5) is 35.5 Å². The van der Waals surface area contributed by atoms with E-state index in [1.807, 2.05) is 20.8 Å². The van der Waals surface area contributed by atoms with Crippen molar-refractivity contribution >= 4 is 46.4 Å². The summed E-state index contributed by atoms with van der Waals surface area (Å²) < 4.78 is 46.6. The largest absolute Gasteiger partial charge is 0.442 e. The van der Waals surface area contributed by atoms with E-state index in [-0.39, 0.29) is 28.7 Å². The number of ether oxygens (including phenoxy) is 1. The molecule has 34 heavy (non-hydrogen) atoms. The summed E-state index contributed by atoms with van der Waals surface area (Å²) in [5.41, 5.74) is 3.65. The maximum absolute atomic E-state index is 13.3. The van der Waals surface area contributed by atoms with Crippen molar-refractivity contribution in [3.63, 3.8) is 0 Å². The molecule has 0 spiro atoms. The number of amides is 1. The normalized spacial score (nSPS) is 12.6. The standard InChI is InChI=1S/C21H25ClF3N7O2/c1-19(2,3)31-17-27-9-14-15(30-17)32(10-20(4,5)34-16(26)33)18(29-14)28-13-7-11(21(23,24)25)6-12(22)8-13/h6-9H,10H2,1-5H3,(H2,26,33)(H,28,29)(H,27,30,31). The lowest BCUT2D eigenvalue weighted by atomic mass is 10.1. The summed E-state index contributed by atoms with van der Waals surface area (Å²) in [5.74, 6) is 0.470. The van der Waals surface area contributed by atoms with Gasteiger partial charge < -0.3 is 21.1 Å². The van der Waals surface area contributed by atoms with Crippen molar-refractivity contribution in [1.29, 1.82) is 0 Å². The third-order valence-electron chi connectivity index (χ3n) is 4.37. The minimum absolute atomic E-state index is 0.0352. The highest BCUT2D eigenvalue weighted by molar-refractivity contribution is 6.31. The zero-order valence-corrected chi connectivity index (χ0v) is 20.0. The summed E-state index contributed by atoms with van der Waals surface area (Å²) in [6.45, 7) is 9.10. The first-order valence-corrected chi connectivity index (χ1v) is 10.5. The number of fused-ring (bicyclic) bond motifs is 1. The van der Waals surface area contributed by atoms with Gasteiger partial charge in [0.25, 0.3) is 0 Å². The van der Waals surface area contributed by atoms with Gasteiger partial charge in [-0.3, -0.25) is 4.57 Å². The van der Waals surface area contributed by atoms with Gasteiger partial charge in [0, 0.05) is 16.2 Å². The summed E-state index contributed by atoms with van der Waals surface area (Å²) in [5, 5.41) is 5.92. The van der Waals surface area contributed by atoms with E-state index < -0.39 is 23.4 Å². The number of aromatic nitrogens is 4. The van der Waals surface area contributed by atoms with Crippen molar-refractivity contribution in [3.8, 4) is 0 Å². The highest BCUT2D eigenvalue weighted by Crippen LogP contribution is 2.34. The summed E-state index contributed by atoms with van der Waals surface area (Å²) in [4.78, 5) is 24.6. The zero-order chi connectivity index (χ0) is 25.5. The molecular weight excluding hydrogens is 475 g/mol. The summed E-state index contributed by atoms with van der Waals surface area (Å²) in [6.07, 6.45) is -4.07. The Labute approximate surface area is 198 Å². The number of imidazole rings is 1. The van der Waals surface area contributed by atoms with Crippen molar-refractivity contribution in [3.05, 3.63) is 35.0 Å². The van der Waals surface area contributed by atoms with Gasteiger partial charge in [0.2, 0.25) is 11.9 Å². The van der Waals surface area contributed by atoms with Gasteiger partial charge in [-0.2, -0.15) is 18.2 Å². The van der Waals surface area contributed by atoms with E-state index in [0.717, 1.165) is 12.1 Å². The van der Waals surface area contributed by atoms with Gasteiger partial charge in [-0.25, -0.2) is 14.8 Å². The lowest BCUT2D eigenvalue weighted by molar-refractivity contribution is -0.137. The number of halogens is 4. The highest BCUT2D eigenvalue weighted by Gasteiger charge is 2.32. The zero-order valence-electron chi connectivity index (χ0n) is 19.2. The number of nitrogens with two attached hydrogens (primary N) is 1. The molecule has 3 aromatic rings. The maximum Gasteiger partial charge on any atom is 0.416 e. The quantitative estimate of drug-likeness (QED) is 0.419. The Morgan fingerprint density at radius 1 is 1.15 bits per heavy atom. The highest BCUT2D eigenvalue weighted by atomic mass is 35.5. The number of benzene rings is 1. The molecule has 184 valence electrons. The fourth-order valence-electron chi connectivity index (χ4n) is 3.20. The second-order valence-corrected chi connectivity index (χ2v) is 9.77. The number of nitrogens with one attached hydrogen (secondary N) is 2. The van der Waals surface area contributed by atoms with Gasteiger partial charge in [-0.05, 0) is 52.8 Å². The number of carbonyl (C=O) groups is 1. The number of nitrogens with zero attached hydrogens (tertiary/aromatic N) is 4. The maximum atomic E-state index is 13.3. The first-order chi connectivity index (χ1) is 15.5. The smallest absolute Gasteiger partial charge is 0.416 e. The first-order valence-electron chi connectivity index (χ1n) is 10.2. The number of carbonyl (C=O) groups excluding carboxylic acids is 1. The van der Waals surface area contributed by atoms with E-state index >= 15 is 0 Å². The molecule has 0 saturated carbocycles. The Kier molecular flexibility index (Phi) is 6.57. The molecule has 0 radical (unpaired) electrons. The molecule has 0 bridgehead atoms. The van der Waals surface area contributed by atoms with Crippen molar-refractivity contribution in [1.82, 2.24) is 19.5 Å². The third-order valence-corrected chi connectivity index (χ3v) is 4.59. The summed E-state index contributed by atoms with van der Waals surface area (Å²) in [6, 6.07) is 3.08. The predicted molar refractivity (Wildman–Crippen MR) is 123 cm³/mol. The molecule has 0 aliphatic carbocycles. The molecule has 9 nitrogen and oxygen atoms in total. The molecule has 0 saturated heterocycles. The Hall–Kier alpha value is -3.28. The molecular formula is C21H25ClF3N7O2. The van der Waals surface area contributed by atoms with Crippen LogP contribution in [0.25, 0.3) is 11.2 Å². The van der Waals surface area contributed by atoms with Gasteiger partial charge in [0.1, 0.15) is 11.1 Å². The molecule has 2 heterocycles. The fraction of sp³-hybridized carbons (Fsp3) is 0.429.